The van der Waals surface area contributed by atoms with Crippen molar-refractivity contribution < 1.29 is 17.9 Å². The second-order valence-electron chi connectivity index (χ2n) is 6.88. The van der Waals surface area contributed by atoms with Crippen LogP contribution in [-0.2, 0) is 21.2 Å². The minimum Gasteiger partial charge on any atom is -0.492 e. The highest BCUT2D eigenvalue weighted by Gasteiger charge is 2.33. The molecular formula is C20H22BrClN2O4S. The van der Waals surface area contributed by atoms with Gasteiger partial charge in [0.25, 0.3) is 0 Å². The Morgan fingerprint density at radius 3 is 2.69 bits per heavy atom. The SMILES string of the molecule is CCOc1ccc(S(=O)(=O)N(C)CC(=O)N2c3ccc(Br)cc3C[C@H]2C)cc1Cl. The molecule has 3 rings (SSSR count). The van der Waals surface area contributed by atoms with Crippen LogP contribution in [0.15, 0.2) is 45.8 Å². The third-order valence-electron chi connectivity index (χ3n) is 4.80. The molecule has 29 heavy (non-hydrogen) atoms. The Morgan fingerprint density at radius 1 is 1.31 bits per heavy atom. The van der Waals surface area contributed by atoms with Crippen molar-refractivity contribution in [2.24, 2.45) is 0 Å². The van der Waals surface area contributed by atoms with Crippen LogP contribution in [-0.4, -0.2) is 44.9 Å². The molecule has 9 heteroatoms. The second-order valence-corrected chi connectivity index (χ2v) is 10.2. The van der Waals surface area contributed by atoms with Crippen molar-refractivity contribution in [1.29, 1.82) is 0 Å². The molecule has 156 valence electrons. The lowest BCUT2D eigenvalue weighted by molar-refractivity contribution is -0.118. The largest absolute Gasteiger partial charge is 0.492 e. The Labute approximate surface area is 184 Å². The lowest BCUT2D eigenvalue weighted by Gasteiger charge is -2.25. The van der Waals surface area contributed by atoms with E-state index in [2.05, 4.69) is 15.9 Å². The van der Waals surface area contributed by atoms with Crippen molar-refractivity contribution in [3.63, 3.8) is 0 Å². The summed E-state index contributed by atoms with van der Waals surface area (Å²) in [5.41, 5.74) is 1.88. The number of hydrogen-bond acceptors (Lipinski definition) is 4. The van der Waals surface area contributed by atoms with Crippen LogP contribution < -0.4 is 9.64 Å². The number of nitrogens with zero attached hydrogens (tertiary/aromatic N) is 2. The predicted octanol–water partition coefficient (Wildman–Crippen LogP) is 4.10. The van der Waals surface area contributed by atoms with Gasteiger partial charge in [0.15, 0.2) is 0 Å². The lowest BCUT2D eigenvalue weighted by atomic mass is 10.1. The number of rotatable bonds is 6. The third-order valence-corrected chi connectivity index (χ3v) is 7.38. The zero-order valence-corrected chi connectivity index (χ0v) is 19.5. The van der Waals surface area contributed by atoms with Crippen LogP contribution >= 0.6 is 27.5 Å². The van der Waals surface area contributed by atoms with Crippen molar-refractivity contribution in [1.82, 2.24) is 4.31 Å². The van der Waals surface area contributed by atoms with Gasteiger partial charge in [-0.25, -0.2) is 8.42 Å². The average molecular weight is 502 g/mol. The summed E-state index contributed by atoms with van der Waals surface area (Å²) >= 11 is 9.57. The van der Waals surface area contributed by atoms with E-state index in [0.717, 1.165) is 26.4 Å². The Hall–Kier alpha value is -1.61. The van der Waals surface area contributed by atoms with Gasteiger partial charge < -0.3 is 9.64 Å². The molecule has 1 atom stereocenters. The van der Waals surface area contributed by atoms with E-state index in [4.69, 9.17) is 16.3 Å². The molecule has 0 aliphatic carbocycles. The Kier molecular flexibility index (Phi) is 6.57. The second kappa shape index (κ2) is 8.63. The molecular weight excluding hydrogens is 480 g/mol. The van der Waals surface area contributed by atoms with Gasteiger partial charge in [0, 0.05) is 23.2 Å². The molecule has 6 nitrogen and oxygen atoms in total. The maximum atomic E-state index is 13.0. The van der Waals surface area contributed by atoms with Gasteiger partial charge >= 0.3 is 0 Å². The summed E-state index contributed by atoms with van der Waals surface area (Å²) in [6.07, 6.45) is 0.728. The van der Waals surface area contributed by atoms with Gasteiger partial charge in [-0.2, -0.15) is 4.31 Å². The van der Waals surface area contributed by atoms with Gasteiger partial charge in [0.2, 0.25) is 15.9 Å². The van der Waals surface area contributed by atoms with Crippen molar-refractivity contribution in [3.8, 4) is 5.75 Å². The monoisotopic (exact) mass is 500 g/mol. The third kappa shape index (κ3) is 4.45. The number of carbonyl (C=O) groups excluding carboxylic acids is 1. The smallest absolute Gasteiger partial charge is 0.243 e. The van der Waals surface area contributed by atoms with Gasteiger partial charge in [-0.15, -0.1) is 0 Å². The van der Waals surface area contributed by atoms with E-state index >= 15 is 0 Å². The van der Waals surface area contributed by atoms with E-state index in [1.807, 2.05) is 32.0 Å². The van der Waals surface area contributed by atoms with Gasteiger partial charge in [-0.05, 0) is 62.2 Å². The number of benzene rings is 2. The normalized spacial score (nSPS) is 16.2. The highest BCUT2D eigenvalue weighted by atomic mass is 79.9. The summed E-state index contributed by atoms with van der Waals surface area (Å²) < 4.78 is 33.2. The highest BCUT2D eigenvalue weighted by molar-refractivity contribution is 9.10. The summed E-state index contributed by atoms with van der Waals surface area (Å²) in [6, 6.07) is 9.99. The number of carbonyl (C=O) groups is 1. The summed E-state index contributed by atoms with van der Waals surface area (Å²) in [5, 5.41) is 0.209. The molecule has 0 radical (unpaired) electrons. The number of halogens is 2. The molecule has 0 spiro atoms. The maximum Gasteiger partial charge on any atom is 0.243 e. The van der Waals surface area contributed by atoms with Crippen LogP contribution in [0, 0.1) is 0 Å². The summed E-state index contributed by atoms with van der Waals surface area (Å²) in [4.78, 5) is 14.6. The standard InChI is InChI=1S/C20H22BrClN2O4S/c1-4-28-19-8-6-16(11-17(19)22)29(26,27)23(3)12-20(25)24-13(2)9-14-10-15(21)5-7-18(14)24/h5-8,10-11,13H,4,9,12H2,1-3H3/t13-/m1/s1. The molecule has 0 unspecified atom stereocenters. The van der Waals surface area contributed by atoms with Crippen LogP contribution in [0.5, 0.6) is 5.75 Å². The number of ether oxygens (including phenoxy) is 1. The highest BCUT2D eigenvalue weighted by Crippen LogP contribution is 2.34. The van der Waals surface area contributed by atoms with Crippen LogP contribution in [0.2, 0.25) is 5.02 Å². The van der Waals surface area contributed by atoms with Crippen LogP contribution in [0.1, 0.15) is 19.4 Å². The van der Waals surface area contributed by atoms with E-state index in [1.165, 1.54) is 25.2 Å². The van der Waals surface area contributed by atoms with E-state index in [0.29, 0.717) is 12.4 Å². The van der Waals surface area contributed by atoms with Crippen molar-refractivity contribution in [2.75, 3.05) is 25.1 Å². The first-order chi connectivity index (χ1) is 13.6. The van der Waals surface area contributed by atoms with Crippen LogP contribution in [0.25, 0.3) is 0 Å². The summed E-state index contributed by atoms with van der Waals surface area (Å²) in [7, 11) is -2.49. The molecule has 1 heterocycles. The van der Waals surface area contributed by atoms with Crippen molar-refractivity contribution in [2.45, 2.75) is 31.2 Å². The van der Waals surface area contributed by atoms with E-state index in [9.17, 15) is 13.2 Å². The number of anilines is 1. The molecule has 0 saturated carbocycles. The van der Waals surface area contributed by atoms with E-state index in [1.54, 1.807) is 4.90 Å². The minimum absolute atomic E-state index is 0.0139. The van der Waals surface area contributed by atoms with Crippen LogP contribution in [0.4, 0.5) is 5.69 Å². The van der Waals surface area contributed by atoms with Crippen LogP contribution in [0.3, 0.4) is 0 Å². The van der Waals surface area contributed by atoms with E-state index < -0.39 is 10.0 Å². The van der Waals surface area contributed by atoms with Gasteiger partial charge in [0.05, 0.1) is 23.1 Å². The Bertz CT molecular complexity index is 1040. The topological polar surface area (TPSA) is 66.9 Å². The number of amides is 1. The molecule has 0 fully saturated rings. The summed E-state index contributed by atoms with van der Waals surface area (Å²) in [5.74, 6) is 0.141. The predicted molar refractivity (Wildman–Crippen MR) is 117 cm³/mol. The quantitative estimate of drug-likeness (QED) is 0.598. The fraction of sp³-hybridized carbons (Fsp3) is 0.350. The summed E-state index contributed by atoms with van der Waals surface area (Å²) in [6.45, 7) is 3.92. The lowest BCUT2D eigenvalue weighted by Crippen LogP contribution is -2.43. The molecule has 0 saturated heterocycles. The Morgan fingerprint density at radius 2 is 2.03 bits per heavy atom. The molecule has 1 amide bonds. The van der Waals surface area contributed by atoms with Gasteiger partial charge in [0.1, 0.15) is 5.75 Å². The zero-order valence-electron chi connectivity index (χ0n) is 16.4. The average Bonchev–Trinajstić information content (AvgIpc) is 2.98. The Balaban J connectivity index is 1.80. The maximum absolute atomic E-state index is 13.0. The molecule has 2 aromatic rings. The first-order valence-electron chi connectivity index (χ1n) is 9.14. The number of likely N-dealkylation sites (N-methyl/N-ethyl adjacent to an activating group) is 1. The molecule has 1 aliphatic heterocycles. The van der Waals surface area contributed by atoms with Crippen molar-refractivity contribution >= 4 is 49.1 Å². The molecule has 0 aromatic heterocycles. The number of hydrogen-bond donors (Lipinski definition) is 0. The van der Waals surface area contributed by atoms with Gasteiger partial charge in [-0.1, -0.05) is 27.5 Å². The zero-order chi connectivity index (χ0) is 21.3. The number of fused-ring (bicyclic) bond motifs is 1. The molecule has 0 bridgehead atoms. The van der Waals surface area contributed by atoms with E-state index in [-0.39, 0.29) is 28.4 Å². The first kappa shape index (κ1) is 22.1. The fourth-order valence-corrected chi connectivity index (χ4v) is 5.28. The number of sulfonamides is 1. The van der Waals surface area contributed by atoms with Gasteiger partial charge in [-0.3, -0.25) is 4.79 Å². The molecule has 0 N–H and O–H groups in total. The molecule has 2 aromatic carbocycles. The first-order valence-corrected chi connectivity index (χ1v) is 11.8. The fourth-order valence-electron chi connectivity index (χ4n) is 3.43. The molecule has 1 aliphatic rings. The minimum atomic E-state index is -3.88. The van der Waals surface area contributed by atoms with Crippen molar-refractivity contribution in [3.05, 3.63) is 51.5 Å².